The Kier molecular flexibility index (Phi) is 7.09. The molecule has 2 N–H and O–H groups in total. The first kappa shape index (κ1) is 26.1. The van der Waals surface area contributed by atoms with Gasteiger partial charge < -0.3 is 19.8 Å². The van der Waals surface area contributed by atoms with Crippen LogP contribution >= 0.6 is 11.8 Å². The first-order chi connectivity index (χ1) is 18.1. The average Bonchev–Trinajstić information content (AvgIpc) is 2.85. The second kappa shape index (κ2) is 10.3. The predicted octanol–water partition coefficient (Wildman–Crippen LogP) is 6.06. The van der Waals surface area contributed by atoms with Gasteiger partial charge in [0.1, 0.15) is 12.4 Å². The zero-order valence-corrected chi connectivity index (χ0v) is 23.2. The number of hydrogen-bond donors (Lipinski definition) is 2. The van der Waals surface area contributed by atoms with E-state index in [0.29, 0.717) is 53.1 Å². The fourth-order valence-electron chi connectivity index (χ4n) is 5.23. The number of rotatable bonds is 7. The van der Waals surface area contributed by atoms with Crippen molar-refractivity contribution in [3.8, 4) is 11.5 Å². The van der Waals surface area contributed by atoms with E-state index in [2.05, 4.69) is 38.0 Å². The summed E-state index contributed by atoms with van der Waals surface area (Å²) in [4.78, 5) is 34.9. The van der Waals surface area contributed by atoms with Crippen molar-refractivity contribution in [2.45, 2.75) is 63.5 Å². The zero-order chi connectivity index (χ0) is 27.0. The summed E-state index contributed by atoms with van der Waals surface area (Å²) in [6, 6.07) is 15.5. The summed E-state index contributed by atoms with van der Waals surface area (Å²) in [6.45, 7) is 8.65. The molecule has 2 heterocycles. The molecular formula is C30H33N3O4S. The molecule has 0 amide bonds. The third-order valence-electron chi connectivity index (χ3n) is 6.81. The molecule has 1 aliphatic carbocycles. The van der Waals surface area contributed by atoms with E-state index in [1.807, 2.05) is 48.5 Å². The van der Waals surface area contributed by atoms with Gasteiger partial charge in [-0.3, -0.25) is 9.59 Å². The van der Waals surface area contributed by atoms with E-state index >= 15 is 0 Å². The van der Waals surface area contributed by atoms with Crippen molar-refractivity contribution >= 4 is 23.4 Å². The third kappa shape index (κ3) is 5.23. The molecule has 7 nitrogen and oxygen atoms in total. The first-order valence-electron chi connectivity index (χ1n) is 12.8. The van der Waals surface area contributed by atoms with E-state index in [4.69, 9.17) is 14.5 Å². The molecule has 0 spiro atoms. The van der Waals surface area contributed by atoms with Gasteiger partial charge in [-0.2, -0.15) is 0 Å². The molecule has 2 aliphatic rings. The van der Waals surface area contributed by atoms with Gasteiger partial charge in [0.2, 0.25) is 0 Å². The molecular weight excluding hydrogens is 498 g/mol. The number of Topliss-reactive ketones (excluding diaryl/α,β-unsaturated/α-hetero) is 1. The lowest BCUT2D eigenvalue weighted by molar-refractivity contribution is -0.118. The predicted molar refractivity (Wildman–Crippen MR) is 150 cm³/mol. The minimum atomic E-state index is -0.566. The van der Waals surface area contributed by atoms with Gasteiger partial charge in [0.25, 0.3) is 5.56 Å². The molecule has 38 heavy (non-hydrogen) atoms. The van der Waals surface area contributed by atoms with Crippen molar-refractivity contribution in [2.24, 2.45) is 5.41 Å². The number of aromatic nitrogens is 2. The van der Waals surface area contributed by atoms with E-state index in [-0.39, 0.29) is 22.0 Å². The molecule has 0 saturated carbocycles. The maximum Gasteiger partial charge on any atom is 0.257 e. The Bertz CT molecular complexity index is 1460. The lowest BCUT2D eigenvalue weighted by atomic mass is 9.69. The van der Waals surface area contributed by atoms with Crippen molar-refractivity contribution in [1.82, 2.24) is 9.97 Å². The molecule has 3 aromatic rings. The number of nitrogens with one attached hydrogen (secondary N) is 2. The number of anilines is 1. The number of H-pyrrole nitrogens is 1. The Balaban J connectivity index is 1.63. The number of methoxy groups -OCH3 is 1. The van der Waals surface area contributed by atoms with Crippen LogP contribution in [0, 0.1) is 5.41 Å². The van der Waals surface area contributed by atoms with Gasteiger partial charge in [0.15, 0.2) is 22.4 Å². The Morgan fingerprint density at radius 2 is 1.84 bits per heavy atom. The van der Waals surface area contributed by atoms with Crippen LogP contribution in [0.5, 0.6) is 11.5 Å². The van der Waals surface area contributed by atoms with Gasteiger partial charge in [0, 0.05) is 28.9 Å². The highest BCUT2D eigenvalue weighted by Gasteiger charge is 2.42. The lowest BCUT2D eigenvalue weighted by Gasteiger charge is -2.38. The summed E-state index contributed by atoms with van der Waals surface area (Å²) >= 11 is 1.50. The average molecular weight is 532 g/mol. The number of nitrogens with zero attached hydrogens (tertiary/aromatic N) is 1. The van der Waals surface area contributed by atoms with Crippen LogP contribution in [0.3, 0.4) is 0 Å². The summed E-state index contributed by atoms with van der Waals surface area (Å²) in [5.41, 5.74) is 3.29. The van der Waals surface area contributed by atoms with E-state index in [0.717, 1.165) is 16.8 Å². The molecule has 1 aromatic heterocycles. The number of carbonyl (C=O) groups is 1. The molecule has 5 rings (SSSR count). The molecule has 198 valence electrons. The maximum absolute atomic E-state index is 13.6. The van der Waals surface area contributed by atoms with E-state index in [9.17, 15) is 9.59 Å². The summed E-state index contributed by atoms with van der Waals surface area (Å²) < 4.78 is 11.8. The topological polar surface area (TPSA) is 93.3 Å². The zero-order valence-electron chi connectivity index (χ0n) is 22.4. The molecule has 2 aromatic carbocycles. The van der Waals surface area contributed by atoms with Crippen LogP contribution in [0.1, 0.15) is 63.1 Å². The molecule has 0 radical (unpaired) electrons. The van der Waals surface area contributed by atoms with Crippen LogP contribution in [-0.4, -0.2) is 28.1 Å². The molecule has 1 aliphatic heterocycles. The van der Waals surface area contributed by atoms with Crippen LogP contribution in [0.4, 0.5) is 5.82 Å². The standard InChI is InChI=1S/C30H33N3O4S/c1-17(2)38-29-32-27-26(28(35)33-29)24(25-20(31-27)14-30(3,4)15-21(25)34)19-11-12-22(36-5)23(13-19)37-16-18-9-7-6-8-10-18/h6-13,17,24H,14-16H2,1-5H3,(H2,31,32,33,35). The van der Waals surface area contributed by atoms with Crippen LogP contribution in [0.25, 0.3) is 0 Å². The molecule has 0 fully saturated rings. The van der Waals surface area contributed by atoms with Gasteiger partial charge >= 0.3 is 0 Å². The highest BCUT2D eigenvalue weighted by atomic mass is 32.2. The summed E-state index contributed by atoms with van der Waals surface area (Å²) in [5.74, 6) is 1.12. The quantitative estimate of drug-likeness (QED) is 0.283. The Morgan fingerprint density at radius 1 is 1.08 bits per heavy atom. The van der Waals surface area contributed by atoms with Crippen LogP contribution in [-0.2, 0) is 11.4 Å². The number of carbonyl (C=O) groups excluding carboxylic acids is 1. The normalized spacial score (nSPS) is 18.1. The van der Waals surface area contributed by atoms with Crippen molar-refractivity contribution in [3.63, 3.8) is 0 Å². The molecule has 0 saturated heterocycles. The number of ether oxygens (including phenoxy) is 2. The Morgan fingerprint density at radius 3 is 2.55 bits per heavy atom. The second-order valence-electron chi connectivity index (χ2n) is 10.9. The van der Waals surface area contributed by atoms with Crippen LogP contribution in [0.2, 0.25) is 0 Å². The first-order valence-corrected chi connectivity index (χ1v) is 13.7. The summed E-state index contributed by atoms with van der Waals surface area (Å²) in [6.07, 6.45) is 1.11. The van der Waals surface area contributed by atoms with Gasteiger partial charge in [0.05, 0.1) is 12.7 Å². The monoisotopic (exact) mass is 531 g/mol. The van der Waals surface area contributed by atoms with Gasteiger partial charge in [-0.1, -0.05) is 75.9 Å². The SMILES string of the molecule is COc1ccc(C2C3=C(CC(C)(C)CC3=O)Nc3nc(SC(C)C)[nH]c(=O)c32)cc1OCc1ccccc1. The Labute approximate surface area is 227 Å². The number of allylic oxidation sites excluding steroid dienone is 2. The van der Waals surface area contributed by atoms with E-state index in [1.165, 1.54) is 11.8 Å². The number of ketones is 1. The fraction of sp³-hybridized carbons (Fsp3) is 0.367. The van der Waals surface area contributed by atoms with Gasteiger partial charge in [-0.25, -0.2) is 4.98 Å². The molecule has 1 unspecified atom stereocenters. The molecule has 0 bridgehead atoms. The van der Waals surface area contributed by atoms with Crippen molar-refractivity contribution in [2.75, 3.05) is 12.4 Å². The number of fused-ring (bicyclic) bond motifs is 1. The molecule has 8 heteroatoms. The number of aromatic amines is 1. The van der Waals surface area contributed by atoms with Gasteiger partial charge in [-0.05, 0) is 35.1 Å². The van der Waals surface area contributed by atoms with E-state index in [1.54, 1.807) is 7.11 Å². The minimum absolute atomic E-state index is 0.0435. The smallest absolute Gasteiger partial charge is 0.257 e. The van der Waals surface area contributed by atoms with Crippen molar-refractivity contribution < 1.29 is 14.3 Å². The fourth-order valence-corrected chi connectivity index (χ4v) is 5.97. The third-order valence-corrected chi connectivity index (χ3v) is 7.69. The lowest BCUT2D eigenvalue weighted by Crippen LogP contribution is -2.37. The van der Waals surface area contributed by atoms with Crippen LogP contribution < -0.4 is 20.3 Å². The van der Waals surface area contributed by atoms with Crippen molar-refractivity contribution in [1.29, 1.82) is 0 Å². The Hall–Kier alpha value is -3.52. The highest BCUT2D eigenvalue weighted by Crippen LogP contribution is 2.48. The largest absolute Gasteiger partial charge is 0.493 e. The second-order valence-corrected chi connectivity index (χ2v) is 12.4. The highest BCUT2D eigenvalue weighted by molar-refractivity contribution is 7.99. The minimum Gasteiger partial charge on any atom is -0.493 e. The number of thioether (sulfide) groups is 1. The van der Waals surface area contributed by atoms with Crippen molar-refractivity contribution in [3.05, 3.63) is 86.8 Å². The van der Waals surface area contributed by atoms with Gasteiger partial charge in [-0.15, -0.1) is 0 Å². The summed E-state index contributed by atoms with van der Waals surface area (Å²) in [5, 5.41) is 4.19. The van der Waals surface area contributed by atoms with Crippen LogP contribution in [0.15, 0.2) is 69.8 Å². The van der Waals surface area contributed by atoms with E-state index < -0.39 is 5.92 Å². The summed E-state index contributed by atoms with van der Waals surface area (Å²) in [7, 11) is 1.60. The molecule has 1 atom stereocenters. The number of hydrogen-bond acceptors (Lipinski definition) is 7. The number of benzene rings is 2. The maximum atomic E-state index is 13.6.